The predicted octanol–water partition coefficient (Wildman–Crippen LogP) is 3.33. The molecule has 0 radical (unpaired) electrons. The van der Waals surface area contributed by atoms with Crippen LogP contribution in [0.5, 0.6) is 0 Å². The van der Waals surface area contributed by atoms with Crippen molar-refractivity contribution in [2.45, 2.75) is 19.4 Å². The van der Waals surface area contributed by atoms with Gasteiger partial charge in [0.15, 0.2) is 0 Å². The van der Waals surface area contributed by atoms with Gasteiger partial charge in [-0.3, -0.25) is 14.5 Å². The van der Waals surface area contributed by atoms with Gasteiger partial charge in [0.1, 0.15) is 23.7 Å². The van der Waals surface area contributed by atoms with E-state index in [1.54, 1.807) is 25.1 Å². The minimum absolute atomic E-state index is 0.317. The Morgan fingerprint density at radius 1 is 1.21 bits per heavy atom. The van der Waals surface area contributed by atoms with E-state index >= 15 is 0 Å². The Balaban J connectivity index is 1.80. The van der Waals surface area contributed by atoms with Crippen LogP contribution < -0.4 is 10.6 Å². The van der Waals surface area contributed by atoms with Crippen LogP contribution in [0.2, 0.25) is 5.02 Å². The lowest BCUT2D eigenvalue weighted by molar-refractivity contribution is -0.133. The molecular weight excluding hydrogens is 392 g/mol. The monoisotopic (exact) mass is 407 g/mol. The first kappa shape index (κ1) is 19.8. The summed E-state index contributed by atoms with van der Waals surface area (Å²) in [6.45, 7) is 2.41. The first-order valence-electron chi connectivity index (χ1n) is 8.27. The number of rotatable bonds is 4. The van der Waals surface area contributed by atoms with Crippen molar-refractivity contribution in [2.24, 2.45) is 0 Å². The quantitative estimate of drug-likeness (QED) is 0.763. The molecule has 1 aliphatic rings. The number of nitrogens with one attached hydrogen (secondary N) is 2. The number of carbonyl (C=O) groups excluding carboxylic acids is 3. The summed E-state index contributed by atoms with van der Waals surface area (Å²) in [5.74, 6) is -3.09. The van der Waals surface area contributed by atoms with Crippen molar-refractivity contribution in [3.8, 4) is 0 Å². The van der Waals surface area contributed by atoms with E-state index in [-0.39, 0.29) is 5.56 Å². The van der Waals surface area contributed by atoms with Crippen molar-refractivity contribution in [3.63, 3.8) is 0 Å². The highest BCUT2D eigenvalue weighted by Crippen LogP contribution is 2.31. The highest BCUT2D eigenvalue weighted by Gasteiger charge is 2.50. The van der Waals surface area contributed by atoms with E-state index in [9.17, 15) is 23.2 Å². The minimum atomic E-state index is -1.82. The van der Waals surface area contributed by atoms with Crippen LogP contribution in [0.15, 0.2) is 36.4 Å². The first-order chi connectivity index (χ1) is 13.1. The summed E-state index contributed by atoms with van der Waals surface area (Å²) in [4.78, 5) is 38.0. The topological polar surface area (TPSA) is 78.5 Å². The fourth-order valence-corrected chi connectivity index (χ4v) is 3.23. The fraction of sp³-hybridized carbons (Fsp3) is 0.211. The number of hydrogen-bond donors (Lipinski definition) is 2. The van der Waals surface area contributed by atoms with Crippen LogP contribution in [0, 0.1) is 18.6 Å². The second kappa shape index (κ2) is 7.20. The van der Waals surface area contributed by atoms with Gasteiger partial charge in [0.2, 0.25) is 5.91 Å². The van der Waals surface area contributed by atoms with Crippen molar-refractivity contribution in [1.29, 1.82) is 0 Å². The maximum absolute atomic E-state index is 14.1. The van der Waals surface area contributed by atoms with Gasteiger partial charge in [0.05, 0.1) is 0 Å². The Bertz CT molecular complexity index is 998. The average Bonchev–Trinajstić information content (AvgIpc) is 2.83. The van der Waals surface area contributed by atoms with Crippen LogP contribution in [0.4, 0.5) is 19.3 Å². The molecule has 3 rings (SSSR count). The molecule has 1 aliphatic heterocycles. The van der Waals surface area contributed by atoms with Crippen molar-refractivity contribution < 1.29 is 23.2 Å². The third-order valence-corrected chi connectivity index (χ3v) is 4.74. The van der Waals surface area contributed by atoms with Gasteiger partial charge in [0, 0.05) is 16.3 Å². The van der Waals surface area contributed by atoms with E-state index in [1.165, 1.54) is 6.92 Å². The van der Waals surface area contributed by atoms with Crippen LogP contribution in [0.3, 0.4) is 0 Å². The predicted molar refractivity (Wildman–Crippen MR) is 98.8 cm³/mol. The number of amides is 4. The number of urea groups is 1. The number of nitrogens with zero attached hydrogens (tertiary/aromatic N) is 1. The van der Waals surface area contributed by atoms with Crippen molar-refractivity contribution >= 4 is 35.1 Å². The molecule has 0 unspecified atom stereocenters. The number of halogens is 3. The average molecular weight is 408 g/mol. The fourth-order valence-electron chi connectivity index (χ4n) is 3.00. The van der Waals surface area contributed by atoms with Crippen LogP contribution >= 0.6 is 11.6 Å². The molecule has 4 amide bonds. The van der Waals surface area contributed by atoms with Gasteiger partial charge in [-0.15, -0.1) is 0 Å². The third kappa shape index (κ3) is 3.55. The second-order valence-corrected chi connectivity index (χ2v) is 7.01. The summed E-state index contributed by atoms with van der Waals surface area (Å²) in [7, 11) is 0. The van der Waals surface area contributed by atoms with Gasteiger partial charge >= 0.3 is 6.03 Å². The third-order valence-electron chi connectivity index (χ3n) is 4.51. The number of benzene rings is 2. The Morgan fingerprint density at radius 2 is 1.93 bits per heavy atom. The number of carbonyl (C=O) groups is 3. The molecule has 0 spiro atoms. The Morgan fingerprint density at radius 3 is 2.61 bits per heavy atom. The smallest absolute Gasteiger partial charge is 0.324 e. The van der Waals surface area contributed by atoms with E-state index in [1.807, 2.05) is 0 Å². The lowest BCUT2D eigenvalue weighted by Crippen LogP contribution is -2.42. The minimum Gasteiger partial charge on any atom is -0.324 e. The Kier molecular flexibility index (Phi) is 5.08. The molecule has 28 heavy (non-hydrogen) atoms. The summed E-state index contributed by atoms with van der Waals surface area (Å²) in [6.07, 6.45) is 0. The van der Waals surface area contributed by atoms with Gasteiger partial charge in [-0.25, -0.2) is 13.6 Å². The molecule has 2 aromatic rings. The van der Waals surface area contributed by atoms with E-state index in [0.29, 0.717) is 21.2 Å². The van der Waals surface area contributed by atoms with E-state index in [0.717, 1.165) is 18.2 Å². The van der Waals surface area contributed by atoms with Crippen molar-refractivity contribution in [2.75, 3.05) is 11.9 Å². The molecule has 0 aliphatic carbocycles. The highest BCUT2D eigenvalue weighted by molar-refractivity contribution is 6.30. The van der Waals surface area contributed by atoms with Crippen LogP contribution in [-0.4, -0.2) is 29.3 Å². The van der Waals surface area contributed by atoms with Gasteiger partial charge in [0.25, 0.3) is 5.91 Å². The molecule has 146 valence electrons. The molecule has 1 fully saturated rings. The van der Waals surface area contributed by atoms with E-state index in [2.05, 4.69) is 10.6 Å². The lowest BCUT2D eigenvalue weighted by Gasteiger charge is -2.22. The Hall–Kier alpha value is -3.00. The molecule has 0 bridgehead atoms. The molecule has 0 aromatic heterocycles. The second-order valence-electron chi connectivity index (χ2n) is 6.58. The standard InChI is InChI=1S/C19H16ClF2N3O3/c1-10-7-11(20)3-6-15(10)23-16(26)9-25-17(27)19(2,24-18(25)28)13-8-12(21)4-5-14(13)22/h3-8H,9H2,1-2H3,(H,23,26)(H,24,28)/t19-/m1/s1. The van der Waals surface area contributed by atoms with Crippen molar-refractivity contribution in [1.82, 2.24) is 10.2 Å². The zero-order valence-electron chi connectivity index (χ0n) is 15.0. The zero-order valence-corrected chi connectivity index (χ0v) is 15.7. The van der Waals surface area contributed by atoms with Gasteiger partial charge in [-0.05, 0) is 55.8 Å². The molecule has 1 saturated heterocycles. The van der Waals surface area contributed by atoms with E-state index in [4.69, 9.17) is 11.6 Å². The number of imide groups is 1. The maximum atomic E-state index is 14.1. The molecule has 0 saturated carbocycles. The molecule has 9 heteroatoms. The molecule has 6 nitrogen and oxygen atoms in total. The van der Waals surface area contributed by atoms with Gasteiger partial charge < -0.3 is 10.6 Å². The summed E-state index contributed by atoms with van der Waals surface area (Å²) in [5, 5.41) is 5.42. The summed E-state index contributed by atoms with van der Waals surface area (Å²) >= 11 is 5.87. The summed E-state index contributed by atoms with van der Waals surface area (Å²) in [6, 6.07) is 6.56. The van der Waals surface area contributed by atoms with Crippen LogP contribution in [0.1, 0.15) is 18.1 Å². The highest BCUT2D eigenvalue weighted by atomic mass is 35.5. The zero-order chi connectivity index (χ0) is 20.6. The normalized spacial score (nSPS) is 19.0. The number of aryl methyl sites for hydroxylation is 1. The first-order valence-corrected chi connectivity index (χ1v) is 8.65. The largest absolute Gasteiger partial charge is 0.325 e. The Labute approximate surface area is 164 Å². The SMILES string of the molecule is Cc1cc(Cl)ccc1NC(=O)CN1C(=O)N[C@](C)(c2cc(F)ccc2F)C1=O. The molecule has 2 aromatic carbocycles. The summed E-state index contributed by atoms with van der Waals surface area (Å²) in [5.41, 5.74) is -0.966. The summed E-state index contributed by atoms with van der Waals surface area (Å²) < 4.78 is 27.7. The van der Waals surface area contributed by atoms with Gasteiger partial charge in [-0.2, -0.15) is 0 Å². The maximum Gasteiger partial charge on any atom is 0.325 e. The number of anilines is 1. The number of hydrogen-bond acceptors (Lipinski definition) is 3. The molecule has 2 N–H and O–H groups in total. The van der Waals surface area contributed by atoms with Gasteiger partial charge in [-0.1, -0.05) is 11.6 Å². The van der Waals surface area contributed by atoms with Crippen LogP contribution in [-0.2, 0) is 15.1 Å². The molecule has 1 heterocycles. The van der Waals surface area contributed by atoms with Crippen LogP contribution in [0.25, 0.3) is 0 Å². The molecule has 1 atom stereocenters. The molecular formula is C19H16ClF2N3O3. The lowest BCUT2D eigenvalue weighted by atomic mass is 9.91. The van der Waals surface area contributed by atoms with E-state index < -0.39 is 41.6 Å². The van der Waals surface area contributed by atoms with Crippen molar-refractivity contribution in [3.05, 3.63) is 64.2 Å².